The molecule has 0 bridgehead atoms. The minimum atomic E-state index is -0.714. The van der Waals surface area contributed by atoms with Gasteiger partial charge in [-0.15, -0.1) is 0 Å². The van der Waals surface area contributed by atoms with Crippen LogP contribution in [-0.4, -0.2) is 15.9 Å². The Hall–Kier alpha value is -4.06. The molecule has 0 saturated carbocycles. The quantitative estimate of drug-likeness (QED) is 0.167. The Morgan fingerprint density at radius 2 is 1.71 bits per heavy atom. The molecular formula is C22H14N2O4. The molecule has 28 heavy (non-hydrogen) atoms. The molecule has 0 unspecified atom stereocenters. The highest BCUT2D eigenvalue weighted by Crippen LogP contribution is 2.34. The number of hydrogen-bond donors (Lipinski definition) is 0. The zero-order valence-corrected chi connectivity index (χ0v) is 14.6. The summed E-state index contributed by atoms with van der Waals surface area (Å²) in [5.41, 5.74) is 0.781. The summed E-state index contributed by atoms with van der Waals surface area (Å²) >= 11 is 0. The lowest BCUT2D eigenvalue weighted by Crippen LogP contribution is -2.07. The Kier molecular flexibility index (Phi) is 4.51. The van der Waals surface area contributed by atoms with Crippen molar-refractivity contribution in [2.24, 2.45) is 0 Å². The van der Waals surface area contributed by atoms with Crippen LogP contribution < -0.4 is 4.74 Å². The number of carbonyl (C=O) groups is 1. The van der Waals surface area contributed by atoms with Gasteiger partial charge in [0.15, 0.2) is 0 Å². The number of nitrogens with zero attached hydrogens (tertiary/aromatic N) is 2. The number of carbonyl (C=O) groups excluding carboxylic acids is 1. The Morgan fingerprint density at radius 1 is 0.964 bits per heavy atom. The Bertz CT molecular complexity index is 1250. The van der Waals surface area contributed by atoms with Crippen molar-refractivity contribution in [1.82, 2.24) is 4.98 Å². The van der Waals surface area contributed by atoms with Gasteiger partial charge in [-0.05, 0) is 40.6 Å². The first-order chi connectivity index (χ1) is 13.6. The van der Waals surface area contributed by atoms with Gasteiger partial charge in [-0.25, -0.2) is 4.79 Å². The van der Waals surface area contributed by atoms with E-state index in [1.807, 2.05) is 42.5 Å². The standard InChI is InChI=1S/C22H14N2O4/c25-20(12-8-15-7-9-16-4-1-2-5-18(16)14-15)28-22-19(24(26)27)11-10-17-6-3-13-23-21(17)22/h1-14H/b12-8+. The highest BCUT2D eigenvalue weighted by atomic mass is 16.6. The maximum Gasteiger partial charge on any atom is 0.336 e. The normalized spacial score (nSPS) is 11.1. The van der Waals surface area contributed by atoms with Crippen molar-refractivity contribution in [3.8, 4) is 5.75 Å². The van der Waals surface area contributed by atoms with Crippen LogP contribution in [0.3, 0.4) is 0 Å². The van der Waals surface area contributed by atoms with Crippen LogP contribution in [-0.2, 0) is 4.79 Å². The van der Waals surface area contributed by atoms with Crippen LogP contribution in [0.5, 0.6) is 5.75 Å². The van der Waals surface area contributed by atoms with Gasteiger partial charge in [-0.2, -0.15) is 0 Å². The van der Waals surface area contributed by atoms with Gasteiger partial charge < -0.3 is 4.74 Å². The molecule has 0 spiro atoms. The molecule has 0 atom stereocenters. The summed E-state index contributed by atoms with van der Waals surface area (Å²) in [5, 5.41) is 14.1. The SMILES string of the molecule is O=C(/C=C/c1ccc2ccccc2c1)Oc1c([N+](=O)[O-])ccc2cccnc12. The monoisotopic (exact) mass is 370 g/mol. The van der Waals surface area contributed by atoms with E-state index in [0.717, 1.165) is 16.3 Å². The molecule has 0 N–H and O–H groups in total. The lowest BCUT2D eigenvalue weighted by molar-refractivity contribution is -0.385. The average molecular weight is 370 g/mol. The molecule has 6 nitrogen and oxygen atoms in total. The number of nitro groups is 1. The lowest BCUT2D eigenvalue weighted by Gasteiger charge is -2.06. The molecule has 1 heterocycles. The van der Waals surface area contributed by atoms with E-state index in [2.05, 4.69) is 4.98 Å². The van der Waals surface area contributed by atoms with Gasteiger partial charge in [0.25, 0.3) is 0 Å². The Labute approximate surface area is 159 Å². The van der Waals surface area contributed by atoms with Gasteiger partial charge in [0.2, 0.25) is 5.75 Å². The third-order valence-corrected chi connectivity index (χ3v) is 4.29. The van der Waals surface area contributed by atoms with Gasteiger partial charge in [-0.1, -0.05) is 42.5 Å². The molecule has 4 aromatic rings. The first-order valence-corrected chi connectivity index (χ1v) is 8.53. The van der Waals surface area contributed by atoms with Crippen LogP contribution in [0.25, 0.3) is 27.8 Å². The van der Waals surface area contributed by atoms with Crippen LogP contribution in [0.4, 0.5) is 5.69 Å². The number of fused-ring (bicyclic) bond motifs is 2. The third kappa shape index (κ3) is 3.43. The minimum Gasteiger partial charge on any atom is -0.414 e. The second kappa shape index (κ2) is 7.28. The number of hydrogen-bond acceptors (Lipinski definition) is 5. The molecule has 0 aliphatic rings. The molecule has 1 aromatic heterocycles. The average Bonchev–Trinajstić information content (AvgIpc) is 2.72. The maximum atomic E-state index is 12.3. The minimum absolute atomic E-state index is 0.156. The van der Waals surface area contributed by atoms with E-state index in [1.165, 1.54) is 18.3 Å². The summed E-state index contributed by atoms with van der Waals surface area (Å²) < 4.78 is 5.30. The highest BCUT2D eigenvalue weighted by Gasteiger charge is 2.21. The fourth-order valence-electron chi connectivity index (χ4n) is 2.96. The molecule has 0 radical (unpaired) electrons. The van der Waals surface area contributed by atoms with Crippen molar-refractivity contribution in [3.05, 3.63) is 94.7 Å². The molecule has 0 fully saturated rings. The van der Waals surface area contributed by atoms with Crippen molar-refractivity contribution in [2.45, 2.75) is 0 Å². The first-order valence-electron chi connectivity index (χ1n) is 8.53. The van der Waals surface area contributed by atoms with Gasteiger partial charge in [0, 0.05) is 23.7 Å². The predicted octanol–water partition coefficient (Wildman–Crippen LogP) is 4.92. The van der Waals surface area contributed by atoms with Crippen molar-refractivity contribution >= 4 is 39.4 Å². The number of aromatic nitrogens is 1. The van der Waals surface area contributed by atoms with Crippen molar-refractivity contribution in [1.29, 1.82) is 0 Å². The number of rotatable bonds is 4. The number of nitro benzene ring substituents is 1. The molecule has 136 valence electrons. The van der Waals surface area contributed by atoms with E-state index in [4.69, 9.17) is 4.74 Å². The second-order valence-electron chi connectivity index (χ2n) is 6.11. The third-order valence-electron chi connectivity index (χ3n) is 4.29. The van der Waals surface area contributed by atoms with E-state index < -0.39 is 10.9 Å². The Balaban J connectivity index is 1.63. The molecular weight excluding hydrogens is 356 g/mol. The number of benzene rings is 3. The van der Waals surface area contributed by atoms with E-state index in [0.29, 0.717) is 5.39 Å². The van der Waals surface area contributed by atoms with Gasteiger partial charge in [-0.3, -0.25) is 15.1 Å². The van der Waals surface area contributed by atoms with Crippen molar-refractivity contribution in [3.63, 3.8) is 0 Å². The molecule has 0 aliphatic carbocycles. The summed E-state index contributed by atoms with van der Waals surface area (Å²) in [5.74, 6) is -0.870. The van der Waals surface area contributed by atoms with Crippen LogP contribution in [0.2, 0.25) is 0 Å². The molecule has 0 amide bonds. The van der Waals surface area contributed by atoms with E-state index in [9.17, 15) is 14.9 Å². The summed E-state index contributed by atoms with van der Waals surface area (Å²) in [7, 11) is 0. The molecule has 0 saturated heterocycles. The van der Waals surface area contributed by atoms with Crippen LogP contribution in [0.1, 0.15) is 5.56 Å². The van der Waals surface area contributed by atoms with E-state index in [1.54, 1.807) is 24.3 Å². The zero-order valence-electron chi connectivity index (χ0n) is 14.6. The smallest absolute Gasteiger partial charge is 0.336 e. The molecule has 3 aromatic carbocycles. The lowest BCUT2D eigenvalue weighted by atomic mass is 10.1. The zero-order chi connectivity index (χ0) is 19.5. The molecule has 6 heteroatoms. The van der Waals surface area contributed by atoms with Crippen LogP contribution in [0, 0.1) is 10.1 Å². The molecule has 4 rings (SSSR count). The fourth-order valence-corrected chi connectivity index (χ4v) is 2.96. The highest BCUT2D eigenvalue weighted by molar-refractivity contribution is 5.95. The summed E-state index contributed by atoms with van der Waals surface area (Å²) in [6, 6.07) is 20.0. The Morgan fingerprint density at radius 3 is 2.54 bits per heavy atom. The van der Waals surface area contributed by atoms with Gasteiger partial charge in [0.1, 0.15) is 5.52 Å². The maximum absolute atomic E-state index is 12.3. The largest absolute Gasteiger partial charge is 0.414 e. The van der Waals surface area contributed by atoms with E-state index in [-0.39, 0.29) is 17.0 Å². The van der Waals surface area contributed by atoms with Crippen LogP contribution >= 0.6 is 0 Å². The van der Waals surface area contributed by atoms with E-state index >= 15 is 0 Å². The topological polar surface area (TPSA) is 82.3 Å². The number of esters is 1. The summed E-state index contributed by atoms with van der Waals surface area (Å²) in [6.45, 7) is 0. The fraction of sp³-hybridized carbons (Fsp3) is 0. The number of pyridine rings is 1. The van der Waals surface area contributed by atoms with Crippen molar-refractivity contribution < 1.29 is 14.5 Å². The summed E-state index contributed by atoms with van der Waals surface area (Å²) in [4.78, 5) is 27.2. The van der Waals surface area contributed by atoms with Crippen molar-refractivity contribution in [2.75, 3.05) is 0 Å². The van der Waals surface area contributed by atoms with Crippen LogP contribution in [0.15, 0.2) is 79.0 Å². The van der Waals surface area contributed by atoms with Gasteiger partial charge in [0.05, 0.1) is 4.92 Å². The number of ether oxygens (including phenoxy) is 1. The first kappa shape index (κ1) is 17.4. The molecule has 0 aliphatic heterocycles. The van der Waals surface area contributed by atoms with Gasteiger partial charge >= 0.3 is 11.7 Å². The summed E-state index contributed by atoms with van der Waals surface area (Å²) in [6.07, 6.45) is 4.35. The second-order valence-corrected chi connectivity index (χ2v) is 6.11. The predicted molar refractivity (Wildman–Crippen MR) is 107 cm³/mol.